The minimum atomic E-state index is 0. The van der Waals surface area contributed by atoms with Crippen LogP contribution in [0.5, 0.6) is 0 Å². The number of fused-ring (bicyclic) bond motifs is 5. The molecule has 34 heavy (non-hydrogen) atoms. The molecule has 0 aromatic heterocycles. The normalized spacial score (nSPS) is 47.0. The summed E-state index contributed by atoms with van der Waals surface area (Å²) in [6, 6.07) is 0. The Bertz CT molecular complexity index is 838. The number of carbonyl (C=O) groups excluding carboxylic acids is 1. The van der Waals surface area contributed by atoms with Crippen LogP contribution in [0.2, 0.25) is 0 Å². The molecule has 4 saturated carbocycles. The zero-order valence-electron chi connectivity index (χ0n) is 23.8. The van der Waals surface area contributed by atoms with Gasteiger partial charge in [0.2, 0.25) is 0 Å². The third-order valence-electron chi connectivity index (χ3n) is 12.5. The average Bonchev–Trinajstić information content (AvgIpc) is 3.07. The Kier molecular flexibility index (Phi) is 8.88. The maximum atomic E-state index is 11.0. The topological polar surface area (TPSA) is 17.1 Å². The van der Waals surface area contributed by atoms with Crippen LogP contribution in [0.1, 0.15) is 113 Å². The van der Waals surface area contributed by atoms with Crippen molar-refractivity contribution in [2.45, 2.75) is 113 Å². The van der Waals surface area contributed by atoms with Crippen molar-refractivity contribution in [3.8, 4) is 11.6 Å². The van der Waals surface area contributed by atoms with Gasteiger partial charge in [-0.1, -0.05) is 75.7 Å². The van der Waals surface area contributed by atoms with E-state index < -0.39 is 0 Å². The van der Waals surface area contributed by atoms with Gasteiger partial charge in [0.1, 0.15) is 0 Å². The van der Waals surface area contributed by atoms with Gasteiger partial charge in [0.15, 0.2) is 0 Å². The van der Waals surface area contributed by atoms with E-state index in [1.165, 1.54) is 44.9 Å². The van der Waals surface area contributed by atoms with E-state index >= 15 is 0 Å². The monoisotopic (exact) mass is 508 g/mol. The zero-order chi connectivity index (χ0) is 24.4. The predicted octanol–water partition coefficient (Wildman–Crippen LogP) is 5.29. The van der Waals surface area contributed by atoms with Crippen LogP contribution in [0, 0.1) is 74.2 Å². The van der Waals surface area contributed by atoms with Gasteiger partial charge in [0, 0.05) is 5.41 Å². The van der Waals surface area contributed by atoms with Gasteiger partial charge >= 0.3 is 51.4 Å². The molecule has 10 unspecified atom stereocenters. The average molecular weight is 509 g/mol. The van der Waals surface area contributed by atoms with Gasteiger partial charge in [-0.2, -0.15) is 6.42 Å². The predicted molar refractivity (Wildman–Crippen MR) is 143 cm³/mol. The Morgan fingerprint density at radius 2 is 1.65 bits per heavy atom. The molecule has 186 valence electrons. The number of hydrogen-bond acceptors (Lipinski definition) is 1. The van der Waals surface area contributed by atoms with Gasteiger partial charge < -0.3 is 4.79 Å². The Morgan fingerprint density at radius 3 is 2.26 bits per heavy atom. The molecular weight excluding hydrogens is 458 g/mol. The fraction of sp³-hybridized carbons (Fsp3) is 0.903. The van der Waals surface area contributed by atoms with Crippen molar-refractivity contribution in [2.24, 2.45) is 62.6 Å². The van der Waals surface area contributed by atoms with Crippen molar-refractivity contribution < 1.29 is 56.2 Å². The molecule has 0 spiro atoms. The Labute approximate surface area is 256 Å². The summed E-state index contributed by atoms with van der Waals surface area (Å²) >= 11 is 0. The molecule has 4 fully saturated rings. The van der Waals surface area contributed by atoms with Gasteiger partial charge in [0.05, 0.1) is 0 Å². The van der Waals surface area contributed by atoms with E-state index in [4.69, 9.17) is 0 Å². The summed E-state index contributed by atoms with van der Waals surface area (Å²) in [6.07, 6.45) is 13.2. The third-order valence-corrected chi connectivity index (χ3v) is 12.7. The zero-order valence-corrected chi connectivity index (χ0v) is 28.1. The molecule has 0 N–H and O–H groups in total. The van der Waals surface area contributed by atoms with Crippen molar-refractivity contribution in [2.75, 3.05) is 0 Å². The van der Waals surface area contributed by atoms with Crippen molar-refractivity contribution in [1.29, 1.82) is 0 Å². The minimum Gasteiger partial charge on any atom is -0.542 e. The van der Waals surface area contributed by atoms with Gasteiger partial charge in [0.25, 0.3) is 0 Å². The van der Waals surface area contributed by atoms with Gasteiger partial charge in [-0.05, 0) is 109 Å². The summed E-state index contributed by atoms with van der Waals surface area (Å²) in [5, 5.41) is 0. The maximum Gasteiger partial charge on any atom is 1.00 e. The second-order valence-corrected chi connectivity index (χ2v) is 15.2. The fourth-order valence-electron chi connectivity index (χ4n) is 10.5. The van der Waals surface area contributed by atoms with E-state index in [0.717, 1.165) is 36.0 Å². The van der Waals surface area contributed by atoms with Crippen LogP contribution in [-0.2, 0) is 4.79 Å². The number of rotatable bonds is 4. The Hall–Kier alpha value is 1.30. The summed E-state index contributed by atoms with van der Waals surface area (Å²) in [4.78, 5) is 11.0. The van der Waals surface area contributed by atoms with Crippen molar-refractivity contribution in [1.82, 2.24) is 0 Å². The summed E-state index contributed by atoms with van der Waals surface area (Å²) in [5.41, 5.74) is 4.92. The summed E-state index contributed by atoms with van der Waals surface area (Å²) in [6.45, 7) is 20.7. The smallest absolute Gasteiger partial charge is 0.542 e. The van der Waals surface area contributed by atoms with E-state index in [2.05, 4.69) is 82.5 Å². The molecule has 10 atom stereocenters. The van der Waals surface area contributed by atoms with E-state index in [-0.39, 0.29) is 56.8 Å². The first-order chi connectivity index (χ1) is 15.3. The van der Waals surface area contributed by atoms with Gasteiger partial charge in [-0.25, -0.2) is 0 Å². The quantitative estimate of drug-likeness (QED) is 0.218. The van der Waals surface area contributed by atoms with Crippen molar-refractivity contribution >= 4 is 15.5 Å². The molecule has 0 bridgehead atoms. The first kappa shape index (κ1) is 29.8. The van der Waals surface area contributed by atoms with Crippen LogP contribution in [0.25, 0.3) is 0 Å². The molecular formula is C31H50KOP. The molecule has 1 nitrogen and oxygen atoms in total. The van der Waals surface area contributed by atoms with Gasteiger partial charge in [-0.3, -0.25) is 6.29 Å². The van der Waals surface area contributed by atoms with Crippen LogP contribution >= 0.6 is 9.24 Å². The molecule has 4 aliphatic rings. The first-order valence-corrected chi connectivity index (χ1v) is 14.4. The third kappa shape index (κ3) is 4.56. The molecule has 0 heterocycles. The fourth-order valence-corrected chi connectivity index (χ4v) is 10.9. The molecule has 4 rings (SSSR count). The SMILES string of the molecule is CC(CC[C-]=O)C1CCC2C3C(CC(C)(C)C12C)C1(C)CCC(C)(C#CP)CC1CC3(C)C.[K+]. The minimum absolute atomic E-state index is 0. The number of hydrogen-bond donors (Lipinski definition) is 0. The maximum absolute atomic E-state index is 11.0. The first-order valence-electron chi connectivity index (χ1n) is 13.8. The van der Waals surface area contributed by atoms with Crippen molar-refractivity contribution in [3.63, 3.8) is 0 Å². The molecule has 0 amide bonds. The molecule has 3 heteroatoms. The largest absolute Gasteiger partial charge is 1.00 e. The summed E-state index contributed by atoms with van der Waals surface area (Å²) < 4.78 is 0. The van der Waals surface area contributed by atoms with Crippen LogP contribution < -0.4 is 51.4 Å². The summed E-state index contributed by atoms with van der Waals surface area (Å²) in [5.74, 6) is 8.19. The van der Waals surface area contributed by atoms with Crippen molar-refractivity contribution in [3.05, 3.63) is 0 Å². The van der Waals surface area contributed by atoms with E-state index in [9.17, 15) is 4.79 Å². The standard InChI is InChI=1S/C31H50OP.K/c1-21(10-9-16-32)23-11-12-24-26-25(20-28(4,5)31(23,24)8)30(7)14-13-29(6,15-17-33)19-22(30)18-27(26,2)3;/h21-26H,9-14,18-20,33H2,1-8H3;/q-1;+1. The van der Waals surface area contributed by atoms with Crippen LogP contribution in [0.15, 0.2) is 0 Å². The van der Waals surface area contributed by atoms with E-state index in [1.54, 1.807) is 0 Å². The molecule has 0 aromatic rings. The summed E-state index contributed by atoms with van der Waals surface area (Å²) in [7, 11) is 2.64. The molecule has 0 radical (unpaired) electrons. The van der Waals surface area contributed by atoms with Crippen LogP contribution in [0.4, 0.5) is 0 Å². The molecule has 0 aliphatic heterocycles. The Morgan fingerprint density at radius 1 is 0.971 bits per heavy atom. The molecule has 0 saturated heterocycles. The second-order valence-electron chi connectivity index (χ2n) is 14.9. The van der Waals surface area contributed by atoms with Crippen LogP contribution in [0.3, 0.4) is 0 Å². The van der Waals surface area contributed by atoms with Crippen LogP contribution in [-0.4, -0.2) is 6.29 Å². The van der Waals surface area contributed by atoms with E-state index in [0.29, 0.717) is 34.0 Å². The second kappa shape index (κ2) is 10.1. The Balaban J connectivity index is 0.00000324. The molecule has 4 aliphatic carbocycles. The van der Waals surface area contributed by atoms with E-state index in [1.807, 2.05) is 0 Å². The molecule has 0 aromatic carbocycles. The van der Waals surface area contributed by atoms with Gasteiger partial charge in [-0.15, -0.1) is 0 Å².